The molecule has 19 heavy (non-hydrogen) atoms. The molecule has 0 saturated carbocycles. The van der Waals surface area contributed by atoms with E-state index in [0.29, 0.717) is 6.04 Å². The zero-order valence-corrected chi connectivity index (χ0v) is 11.9. The molecule has 1 aliphatic rings. The smallest absolute Gasteiger partial charge is 0.131 e. The van der Waals surface area contributed by atoms with Crippen LogP contribution < -0.4 is 0 Å². The van der Waals surface area contributed by atoms with E-state index < -0.39 is 0 Å². The number of aryl methyl sites for hydroxylation is 1. The van der Waals surface area contributed by atoms with Crippen molar-refractivity contribution < 1.29 is 0 Å². The first-order chi connectivity index (χ1) is 9.33. The molecule has 3 heterocycles. The maximum Gasteiger partial charge on any atom is 0.131 e. The SMILES string of the molecule is Cc1nnc(CN2CCCC[C@@H]2c2ccccn2)s1. The van der Waals surface area contributed by atoms with Crippen LogP contribution in [0.4, 0.5) is 0 Å². The number of hydrogen-bond acceptors (Lipinski definition) is 5. The zero-order valence-electron chi connectivity index (χ0n) is 11.1. The predicted molar refractivity (Wildman–Crippen MR) is 75.9 cm³/mol. The van der Waals surface area contributed by atoms with E-state index >= 15 is 0 Å². The molecule has 0 bridgehead atoms. The summed E-state index contributed by atoms with van der Waals surface area (Å²) in [4.78, 5) is 7.02. The third kappa shape index (κ3) is 2.98. The van der Waals surface area contributed by atoms with Gasteiger partial charge in [0.15, 0.2) is 0 Å². The quantitative estimate of drug-likeness (QED) is 0.863. The second-order valence-corrected chi connectivity index (χ2v) is 6.22. The van der Waals surface area contributed by atoms with Crippen molar-refractivity contribution in [1.29, 1.82) is 0 Å². The van der Waals surface area contributed by atoms with Crippen molar-refractivity contribution in [2.75, 3.05) is 6.54 Å². The van der Waals surface area contributed by atoms with Crippen molar-refractivity contribution in [2.24, 2.45) is 0 Å². The van der Waals surface area contributed by atoms with Crippen molar-refractivity contribution in [2.45, 2.75) is 38.8 Å². The normalized spacial score (nSPS) is 20.6. The van der Waals surface area contributed by atoms with E-state index in [1.54, 1.807) is 11.3 Å². The molecule has 3 rings (SSSR count). The predicted octanol–water partition coefficient (Wildman–Crippen LogP) is 2.97. The molecular weight excluding hydrogens is 256 g/mol. The fourth-order valence-electron chi connectivity index (χ4n) is 2.66. The molecule has 100 valence electrons. The molecular formula is C14H18N4S. The molecule has 4 nitrogen and oxygen atoms in total. The zero-order chi connectivity index (χ0) is 13.1. The molecule has 0 N–H and O–H groups in total. The van der Waals surface area contributed by atoms with Crippen molar-refractivity contribution in [3.05, 3.63) is 40.1 Å². The number of rotatable bonds is 3. The average molecular weight is 274 g/mol. The molecule has 0 spiro atoms. The van der Waals surface area contributed by atoms with Gasteiger partial charge in [-0.25, -0.2) is 0 Å². The van der Waals surface area contributed by atoms with E-state index in [0.717, 1.165) is 23.1 Å². The van der Waals surface area contributed by atoms with Crippen LogP contribution in [0.25, 0.3) is 0 Å². The molecule has 0 radical (unpaired) electrons. The third-order valence-corrected chi connectivity index (χ3v) is 4.37. The lowest BCUT2D eigenvalue weighted by Gasteiger charge is -2.34. The minimum atomic E-state index is 0.430. The van der Waals surface area contributed by atoms with Gasteiger partial charge >= 0.3 is 0 Å². The first kappa shape index (κ1) is 12.7. The van der Waals surface area contributed by atoms with Gasteiger partial charge in [0.25, 0.3) is 0 Å². The van der Waals surface area contributed by atoms with E-state index in [-0.39, 0.29) is 0 Å². The summed E-state index contributed by atoms with van der Waals surface area (Å²) in [6, 6.07) is 6.61. The maximum atomic E-state index is 4.53. The van der Waals surface area contributed by atoms with Crippen LogP contribution in [-0.4, -0.2) is 26.6 Å². The highest BCUT2D eigenvalue weighted by molar-refractivity contribution is 7.11. The molecule has 0 aromatic carbocycles. The highest BCUT2D eigenvalue weighted by Crippen LogP contribution is 2.31. The highest BCUT2D eigenvalue weighted by Gasteiger charge is 2.25. The third-order valence-electron chi connectivity index (χ3n) is 3.55. The van der Waals surface area contributed by atoms with E-state index in [1.165, 1.54) is 25.0 Å². The van der Waals surface area contributed by atoms with Gasteiger partial charge in [-0.2, -0.15) is 0 Å². The highest BCUT2D eigenvalue weighted by atomic mass is 32.1. The summed E-state index contributed by atoms with van der Waals surface area (Å²) >= 11 is 1.69. The van der Waals surface area contributed by atoms with E-state index in [4.69, 9.17) is 0 Å². The number of nitrogens with zero attached hydrogens (tertiary/aromatic N) is 4. The number of likely N-dealkylation sites (tertiary alicyclic amines) is 1. The van der Waals surface area contributed by atoms with Crippen LogP contribution >= 0.6 is 11.3 Å². The Morgan fingerprint density at radius 1 is 1.32 bits per heavy atom. The average Bonchev–Trinajstić information content (AvgIpc) is 2.86. The minimum absolute atomic E-state index is 0.430. The Morgan fingerprint density at radius 2 is 2.26 bits per heavy atom. The van der Waals surface area contributed by atoms with Gasteiger partial charge in [0.2, 0.25) is 0 Å². The molecule has 1 saturated heterocycles. The van der Waals surface area contributed by atoms with Crippen LogP contribution in [0.1, 0.15) is 41.0 Å². The molecule has 2 aromatic rings. The standard InChI is InChI=1S/C14H18N4S/c1-11-16-17-14(19-11)10-18-9-5-3-7-13(18)12-6-2-4-8-15-12/h2,4,6,8,13H,3,5,7,9-10H2,1H3/t13-/m1/s1. The Bertz CT molecular complexity index is 525. The Labute approximate surface area is 117 Å². The molecule has 1 atom stereocenters. The molecule has 1 fully saturated rings. The maximum absolute atomic E-state index is 4.53. The number of aromatic nitrogens is 3. The van der Waals surface area contributed by atoms with Gasteiger partial charge in [-0.05, 0) is 38.4 Å². The lowest BCUT2D eigenvalue weighted by atomic mass is 9.99. The summed E-state index contributed by atoms with van der Waals surface area (Å²) in [5.41, 5.74) is 1.18. The van der Waals surface area contributed by atoms with Crippen LogP contribution in [0.15, 0.2) is 24.4 Å². The van der Waals surface area contributed by atoms with Crippen molar-refractivity contribution in [3.63, 3.8) is 0 Å². The van der Waals surface area contributed by atoms with Gasteiger partial charge < -0.3 is 0 Å². The molecule has 5 heteroatoms. The van der Waals surface area contributed by atoms with Gasteiger partial charge in [0.05, 0.1) is 18.3 Å². The minimum Gasteiger partial charge on any atom is -0.288 e. The molecule has 0 aliphatic carbocycles. The number of hydrogen-bond donors (Lipinski definition) is 0. The number of pyridine rings is 1. The van der Waals surface area contributed by atoms with Crippen molar-refractivity contribution in [1.82, 2.24) is 20.1 Å². The fraction of sp³-hybridized carbons (Fsp3) is 0.500. The summed E-state index contributed by atoms with van der Waals surface area (Å²) in [5.74, 6) is 0. The second-order valence-electron chi connectivity index (χ2n) is 4.95. The van der Waals surface area contributed by atoms with Crippen molar-refractivity contribution in [3.8, 4) is 0 Å². The van der Waals surface area contributed by atoms with Crippen LogP contribution in [0.5, 0.6) is 0 Å². The largest absolute Gasteiger partial charge is 0.288 e. The lowest BCUT2D eigenvalue weighted by Crippen LogP contribution is -2.33. The molecule has 0 amide bonds. The first-order valence-electron chi connectivity index (χ1n) is 6.77. The van der Waals surface area contributed by atoms with Gasteiger partial charge in [-0.15, -0.1) is 21.5 Å². The monoisotopic (exact) mass is 274 g/mol. The van der Waals surface area contributed by atoms with Gasteiger partial charge in [-0.1, -0.05) is 12.5 Å². The van der Waals surface area contributed by atoms with E-state index in [1.807, 2.05) is 19.2 Å². The topological polar surface area (TPSA) is 41.9 Å². The van der Waals surface area contributed by atoms with Gasteiger partial charge in [-0.3, -0.25) is 9.88 Å². The van der Waals surface area contributed by atoms with E-state index in [2.05, 4.69) is 32.2 Å². The Kier molecular flexibility index (Phi) is 3.84. The number of piperidine rings is 1. The molecule has 2 aromatic heterocycles. The van der Waals surface area contributed by atoms with Crippen molar-refractivity contribution >= 4 is 11.3 Å². The first-order valence-corrected chi connectivity index (χ1v) is 7.58. The summed E-state index contributed by atoms with van der Waals surface area (Å²) in [7, 11) is 0. The Morgan fingerprint density at radius 3 is 3.00 bits per heavy atom. The second kappa shape index (κ2) is 5.75. The van der Waals surface area contributed by atoms with Gasteiger partial charge in [0.1, 0.15) is 10.0 Å². The van der Waals surface area contributed by atoms with Crippen LogP contribution in [0.2, 0.25) is 0 Å². The lowest BCUT2D eigenvalue weighted by molar-refractivity contribution is 0.137. The van der Waals surface area contributed by atoms with E-state index in [9.17, 15) is 0 Å². The summed E-state index contributed by atoms with van der Waals surface area (Å²) in [5, 5.41) is 10.5. The summed E-state index contributed by atoms with van der Waals surface area (Å²) in [6.45, 7) is 4.03. The van der Waals surface area contributed by atoms with Crippen LogP contribution in [-0.2, 0) is 6.54 Å². The van der Waals surface area contributed by atoms with Crippen LogP contribution in [0.3, 0.4) is 0 Å². The Balaban J connectivity index is 1.77. The summed E-state index contributed by atoms with van der Waals surface area (Å²) in [6.07, 6.45) is 5.63. The Hall–Kier alpha value is -1.33. The molecule has 0 unspecified atom stereocenters. The summed E-state index contributed by atoms with van der Waals surface area (Å²) < 4.78 is 0. The van der Waals surface area contributed by atoms with Gasteiger partial charge in [0, 0.05) is 6.20 Å². The molecule has 1 aliphatic heterocycles. The fourth-order valence-corrected chi connectivity index (χ4v) is 3.40. The van der Waals surface area contributed by atoms with Crippen LogP contribution in [0, 0.1) is 6.92 Å².